The van der Waals surface area contributed by atoms with Gasteiger partial charge in [0.05, 0.1) is 11.0 Å². The Labute approximate surface area is 108 Å². The second-order valence-corrected chi connectivity index (χ2v) is 5.21. The molecule has 1 aliphatic rings. The van der Waals surface area contributed by atoms with Crippen molar-refractivity contribution in [3.63, 3.8) is 0 Å². The number of hydrogen-bond donors (Lipinski definition) is 1. The van der Waals surface area contributed by atoms with Crippen LogP contribution >= 0.6 is 0 Å². The number of nitrogens with one attached hydrogen (secondary N) is 1. The van der Waals surface area contributed by atoms with Gasteiger partial charge >= 0.3 is 0 Å². The van der Waals surface area contributed by atoms with Crippen LogP contribution in [0.15, 0.2) is 24.3 Å². The molecule has 0 unspecified atom stereocenters. The first kappa shape index (κ1) is 11.7. The zero-order chi connectivity index (χ0) is 12.2. The third-order valence-electron chi connectivity index (χ3n) is 3.78. The zero-order valence-corrected chi connectivity index (χ0v) is 10.9. The number of H-pyrrole nitrogens is 1. The van der Waals surface area contributed by atoms with Gasteiger partial charge < -0.3 is 9.88 Å². The highest BCUT2D eigenvalue weighted by atomic mass is 15.1. The van der Waals surface area contributed by atoms with E-state index >= 15 is 0 Å². The van der Waals surface area contributed by atoms with Gasteiger partial charge in [0.1, 0.15) is 5.82 Å². The molecule has 3 heteroatoms. The van der Waals surface area contributed by atoms with Crippen LogP contribution in [0, 0.1) is 0 Å². The molecule has 18 heavy (non-hydrogen) atoms. The Bertz CT molecular complexity index is 464. The number of aryl methyl sites for hydroxylation is 1. The fourth-order valence-corrected chi connectivity index (χ4v) is 2.78. The molecular formula is C15H21N3. The number of nitrogens with zero attached hydrogens (tertiary/aromatic N) is 2. The highest BCUT2D eigenvalue weighted by Gasteiger charge is 2.09. The number of rotatable bonds is 4. The van der Waals surface area contributed by atoms with Crippen LogP contribution in [0.5, 0.6) is 0 Å². The summed E-state index contributed by atoms with van der Waals surface area (Å²) in [6, 6.07) is 8.26. The minimum Gasteiger partial charge on any atom is -0.342 e. The first-order valence-corrected chi connectivity index (χ1v) is 7.08. The topological polar surface area (TPSA) is 31.9 Å². The lowest BCUT2D eigenvalue weighted by atomic mass is 10.1. The van der Waals surface area contributed by atoms with Gasteiger partial charge in [-0.1, -0.05) is 18.6 Å². The van der Waals surface area contributed by atoms with Crippen molar-refractivity contribution in [2.24, 2.45) is 0 Å². The van der Waals surface area contributed by atoms with Crippen LogP contribution in [0.1, 0.15) is 31.5 Å². The summed E-state index contributed by atoms with van der Waals surface area (Å²) >= 11 is 0. The normalized spacial score (nSPS) is 17.3. The predicted octanol–water partition coefficient (Wildman–Crippen LogP) is 2.98. The van der Waals surface area contributed by atoms with E-state index in [1.165, 1.54) is 45.3 Å². The standard InChI is InChI=1S/C15H21N3/c1-4-10-18(11-5-1)12-6-9-15-16-13-7-2-3-8-14(13)17-15/h2-3,7-8H,1,4-6,9-12H2,(H,16,17). The molecule has 0 spiro atoms. The summed E-state index contributed by atoms with van der Waals surface area (Å²) in [5.74, 6) is 1.13. The van der Waals surface area contributed by atoms with Crippen molar-refractivity contribution in [1.29, 1.82) is 0 Å². The van der Waals surface area contributed by atoms with Gasteiger partial charge in [0, 0.05) is 6.42 Å². The number of hydrogen-bond acceptors (Lipinski definition) is 2. The van der Waals surface area contributed by atoms with E-state index in [0.29, 0.717) is 0 Å². The predicted molar refractivity (Wildman–Crippen MR) is 74.7 cm³/mol. The molecule has 1 aliphatic heterocycles. The van der Waals surface area contributed by atoms with Crippen LogP contribution in [0.4, 0.5) is 0 Å². The molecule has 3 nitrogen and oxygen atoms in total. The van der Waals surface area contributed by atoms with E-state index in [1.807, 2.05) is 6.07 Å². The highest BCUT2D eigenvalue weighted by Crippen LogP contribution is 2.13. The Hall–Kier alpha value is -1.35. The SMILES string of the molecule is c1ccc2[nH]c(CCCN3CCCCC3)nc2c1. The number of aromatic nitrogens is 2. The van der Waals surface area contributed by atoms with Crippen molar-refractivity contribution in [1.82, 2.24) is 14.9 Å². The van der Waals surface area contributed by atoms with Gasteiger partial charge in [-0.05, 0) is 51.0 Å². The van der Waals surface area contributed by atoms with Crippen molar-refractivity contribution >= 4 is 11.0 Å². The van der Waals surface area contributed by atoms with Gasteiger partial charge in [-0.2, -0.15) is 0 Å². The average molecular weight is 243 g/mol. The van der Waals surface area contributed by atoms with E-state index in [2.05, 4.69) is 33.1 Å². The smallest absolute Gasteiger partial charge is 0.107 e. The molecule has 1 saturated heterocycles. The molecule has 96 valence electrons. The number of benzene rings is 1. The Morgan fingerprint density at radius 1 is 1.11 bits per heavy atom. The molecule has 0 saturated carbocycles. The summed E-state index contributed by atoms with van der Waals surface area (Å²) in [6.07, 6.45) is 6.44. The third kappa shape index (κ3) is 2.72. The van der Waals surface area contributed by atoms with Gasteiger partial charge in [-0.3, -0.25) is 0 Å². The van der Waals surface area contributed by atoms with Crippen molar-refractivity contribution in [3.05, 3.63) is 30.1 Å². The van der Waals surface area contributed by atoms with E-state index < -0.39 is 0 Å². The van der Waals surface area contributed by atoms with Gasteiger partial charge in [-0.25, -0.2) is 4.98 Å². The lowest BCUT2D eigenvalue weighted by Gasteiger charge is -2.26. The largest absolute Gasteiger partial charge is 0.342 e. The van der Waals surface area contributed by atoms with Crippen LogP contribution in [0.2, 0.25) is 0 Å². The molecule has 2 aromatic rings. The molecule has 0 amide bonds. The summed E-state index contributed by atoms with van der Waals surface area (Å²) in [4.78, 5) is 10.6. The van der Waals surface area contributed by atoms with E-state index in [1.54, 1.807) is 0 Å². The molecular weight excluding hydrogens is 222 g/mol. The lowest BCUT2D eigenvalue weighted by Crippen LogP contribution is -2.30. The van der Waals surface area contributed by atoms with Crippen molar-refractivity contribution in [3.8, 4) is 0 Å². The fraction of sp³-hybridized carbons (Fsp3) is 0.533. The first-order chi connectivity index (χ1) is 8.92. The minimum absolute atomic E-state index is 1.06. The number of para-hydroxylation sites is 2. The summed E-state index contributed by atoms with van der Waals surface area (Å²) in [5, 5.41) is 0. The molecule has 1 aromatic carbocycles. The van der Waals surface area contributed by atoms with E-state index in [-0.39, 0.29) is 0 Å². The van der Waals surface area contributed by atoms with Crippen LogP contribution in [-0.2, 0) is 6.42 Å². The maximum absolute atomic E-state index is 4.62. The van der Waals surface area contributed by atoms with Crippen LogP contribution in [0.25, 0.3) is 11.0 Å². The second-order valence-electron chi connectivity index (χ2n) is 5.21. The van der Waals surface area contributed by atoms with E-state index in [9.17, 15) is 0 Å². The quantitative estimate of drug-likeness (QED) is 0.895. The summed E-state index contributed by atoms with van der Waals surface area (Å²) in [7, 11) is 0. The van der Waals surface area contributed by atoms with Crippen LogP contribution < -0.4 is 0 Å². The van der Waals surface area contributed by atoms with E-state index in [0.717, 1.165) is 23.3 Å². The fourth-order valence-electron chi connectivity index (χ4n) is 2.78. The molecule has 1 N–H and O–H groups in total. The maximum Gasteiger partial charge on any atom is 0.107 e. The van der Waals surface area contributed by atoms with Gasteiger partial charge in [0.15, 0.2) is 0 Å². The Kier molecular flexibility index (Phi) is 3.60. The van der Waals surface area contributed by atoms with Crippen molar-refractivity contribution in [2.75, 3.05) is 19.6 Å². The van der Waals surface area contributed by atoms with Gasteiger partial charge in [0.2, 0.25) is 0 Å². The highest BCUT2D eigenvalue weighted by molar-refractivity contribution is 5.74. The summed E-state index contributed by atoms with van der Waals surface area (Å²) < 4.78 is 0. The molecule has 1 aromatic heterocycles. The number of aromatic amines is 1. The molecule has 0 aliphatic carbocycles. The Morgan fingerprint density at radius 3 is 2.78 bits per heavy atom. The molecule has 3 rings (SSSR count). The number of imidazole rings is 1. The average Bonchev–Trinajstić information content (AvgIpc) is 2.82. The first-order valence-electron chi connectivity index (χ1n) is 7.08. The van der Waals surface area contributed by atoms with Gasteiger partial charge in [-0.15, -0.1) is 0 Å². The van der Waals surface area contributed by atoms with Crippen molar-refractivity contribution < 1.29 is 0 Å². The summed E-state index contributed by atoms with van der Waals surface area (Å²) in [6.45, 7) is 3.80. The number of piperidine rings is 1. The molecule has 2 heterocycles. The maximum atomic E-state index is 4.62. The molecule has 0 atom stereocenters. The number of fused-ring (bicyclic) bond motifs is 1. The summed E-state index contributed by atoms with van der Waals surface area (Å²) in [5.41, 5.74) is 2.25. The number of likely N-dealkylation sites (tertiary alicyclic amines) is 1. The van der Waals surface area contributed by atoms with Crippen LogP contribution in [-0.4, -0.2) is 34.5 Å². The van der Waals surface area contributed by atoms with Gasteiger partial charge in [0.25, 0.3) is 0 Å². The zero-order valence-electron chi connectivity index (χ0n) is 10.9. The monoisotopic (exact) mass is 243 g/mol. The molecule has 1 fully saturated rings. The Morgan fingerprint density at radius 2 is 1.94 bits per heavy atom. The minimum atomic E-state index is 1.06. The molecule has 0 radical (unpaired) electrons. The molecule has 0 bridgehead atoms. The van der Waals surface area contributed by atoms with Crippen LogP contribution in [0.3, 0.4) is 0 Å². The van der Waals surface area contributed by atoms with E-state index in [4.69, 9.17) is 0 Å². The van der Waals surface area contributed by atoms with Crippen molar-refractivity contribution in [2.45, 2.75) is 32.1 Å². The Balaban J connectivity index is 1.53. The third-order valence-corrected chi connectivity index (χ3v) is 3.78. The second kappa shape index (κ2) is 5.53. The lowest BCUT2D eigenvalue weighted by molar-refractivity contribution is 0.226.